The van der Waals surface area contributed by atoms with Crippen molar-refractivity contribution < 1.29 is 9.53 Å². The largest absolute Gasteiger partial charge is 0.444 e. The van der Waals surface area contributed by atoms with Gasteiger partial charge in [-0.25, -0.2) is 9.78 Å². The second-order valence-electron chi connectivity index (χ2n) is 6.54. The third kappa shape index (κ3) is 4.06. The molecule has 2 heterocycles. The van der Waals surface area contributed by atoms with Crippen LogP contribution in [0.2, 0.25) is 10.0 Å². The second-order valence-corrected chi connectivity index (χ2v) is 7.39. The smallest absolute Gasteiger partial charge is 0.413 e. The lowest BCUT2D eigenvalue weighted by molar-refractivity contribution is 0.155. The van der Waals surface area contributed by atoms with Gasteiger partial charge in [-0.3, -0.25) is 10.00 Å². The summed E-state index contributed by atoms with van der Waals surface area (Å²) in [5.74, 6) is 0.483. The molecule has 0 saturated heterocycles. The molecule has 0 spiro atoms. The molecule has 9 heteroatoms. The number of hydrogen-bond donors (Lipinski definition) is 1. The molecule has 148 valence electrons. The number of aromatic nitrogens is 4. The second kappa shape index (κ2) is 7.77. The highest BCUT2D eigenvalue weighted by molar-refractivity contribution is 6.36. The lowest BCUT2D eigenvalue weighted by Crippen LogP contribution is -2.15. The van der Waals surface area contributed by atoms with E-state index in [0.29, 0.717) is 21.6 Å². The summed E-state index contributed by atoms with van der Waals surface area (Å²) in [6.07, 6.45) is 1.16. The van der Waals surface area contributed by atoms with Crippen molar-refractivity contribution in [3.63, 3.8) is 0 Å². The number of rotatable bonds is 4. The molecule has 4 rings (SSSR count). The number of nitrogens with one attached hydrogen (secondary N) is 1. The third-order valence-corrected chi connectivity index (χ3v) is 5.02. The number of halogens is 2. The van der Waals surface area contributed by atoms with Gasteiger partial charge in [0.15, 0.2) is 0 Å². The minimum atomic E-state index is -0.581. The van der Waals surface area contributed by atoms with E-state index in [1.54, 1.807) is 42.3 Å². The molecule has 4 aromatic rings. The van der Waals surface area contributed by atoms with Crippen molar-refractivity contribution in [3.8, 4) is 11.3 Å². The van der Waals surface area contributed by atoms with E-state index >= 15 is 0 Å². The molecular formula is C20H17Cl2N5O2. The first-order valence-corrected chi connectivity index (χ1v) is 9.49. The number of imidazole rings is 1. The van der Waals surface area contributed by atoms with Crippen LogP contribution in [0, 0.1) is 0 Å². The molecule has 0 bridgehead atoms. The van der Waals surface area contributed by atoms with Crippen molar-refractivity contribution in [2.75, 3.05) is 5.32 Å². The molecule has 0 saturated carbocycles. The van der Waals surface area contributed by atoms with E-state index in [1.165, 1.54) is 0 Å². The van der Waals surface area contributed by atoms with Gasteiger partial charge in [-0.15, -0.1) is 0 Å². The molecule has 7 nitrogen and oxygen atoms in total. The minimum Gasteiger partial charge on any atom is -0.444 e. The van der Waals surface area contributed by atoms with Crippen molar-refractivity contribution in [3.05, 3.63) is 64.4 Å². The van der Waals surface area contributed by atoms with Gasteiger partial charge < -0.3 is 9.30 Å². The Kier molecular flexibility index (Phi) is 5.17. The van der Waals surface area contributed by atoms with Gasteiger partial charge in [0.05, 0.1) is 28.1 Å². The molecule has 0 fully saturated rings. The predicted octanol–water partition coefficient (Wildman–Crippen LogP) is 5.03. The van der Waals surface area contributed by atoms with Gasteiger partial charge in [0.25, 0.3) is 0 Å². The fraction of sp³-hybridized carbons (Fsp3) is 0.150. The molecule has 0 radical (unpaired) electrons. The Hall–Kier alpha value is -3.03. The van der Waals surface area contributed by atoms with Crippen molar-refractivity contribution in [2.45, 2.75) is 6.61 Å². The zero-order valence-corrected chi connectivity index (χ0v) is 17.2. The maximum absolute atomic E-state index is 12.2. The van der Waals surface area contributed by atoms with Crippen LogP contribution >= 0.6 is 23.2 Å². The summed E-state index contributed by atoms with van der Waals surface area (Å²) in [5.41, 5.74) is 4.05. The van der Waals surface area contributed by atoms with Crippen LogP contribution in [-0.4, -0.2) is 25.4 Å². The summed E-state index contributed by atoms with van der Waals surface area (Å²) in [5, 5.41) is 8.10. The van der Waals surface area contributed by atoms with E-state index in [2.05, 4.69) is 15.4 Å². The van der Waals surface area contributed by atoms with Crippen molar-refractivity contribution >= 4 is 46.1 Å². The number of aryl methyl sites for hydroxylation is 2. The maximum Gasteiger partial charge on any atom is 0.413 e. The summed E-state index contributed by atoms with van der Waals surface area (Å²) in [6, 6.07) is 12.6. The number of benzene rings is 2. The van der Waals surface area contributed by atoms with Gasteiger partial charge in [0.2, 0.25) is 0 Å². The summed E-state index contributed by atoms with van der Waals surface area (Å²) in [6.45, 7) is 0.131. The number of anilines is 1. The normalized spacial score (nSPS) is 11.0. The highest BCUT2D eigenvalue weighted by Gasteiger charge is 2.13. The zero-order chi connectivity index (χ0) is 20.5. The molecule has 1 N–H and O–H groups in total. The monoisotopic (exact) mass is 429 g/mol. The molecular weight excluding hydrogens is 413 g/mol. The molecule has 0 aliphatic heterocycles. The number of carbonyl (C=O) groups excluding carboxylic acids is 1. The number of amides is 1. The molecule has 2 aromatic heterocycles. The highest BCUT2D eigenvalue weighted by Crippen LogP contribution is 2.30. The van der Waals surface area contributed by atoms with Gasteiger partial charge in [-0.05, 0) is 35.9 Å². The van der Waals surface area contributed by atoms with E-state index in [0.717, 1.165) is 22.2 Å². The van der Waals surface area contributed by atoms with E-state index in [-0.39, 0.29) is 6.61 Å². The van der Waals surface area contributed by atoms with Gasteiger partial charge >= 0.3 is 6.09 Å². The molecule has 1 amide bonds. The fourth-order valence-corrected chi connectivity index (χ4v) is 3.48. The molecule has 2 aromatic carbocycles. The first-order valence-electron chi connectivity index (χ1n) is 8.74. The van der Waals surface area contributed by atoms with Crippen LogP contribution in [0.1, 0.15) is 5.56 Å². The van der Waals surface area contributed by atoms with Gasteiger partial charge in [0, 0.05) is 30.7 Å². The third-order valence-electron chi connectivity index (χ3n) is 4.48. The van der Waals surface area contributed by atoms with Gasteiger partial charge in [0.1, 0.15) is 12.4 Å². The average molecular weight is 430 g/mol. The van der Waals surface area contributed by atoms with E-state index in [9.17, 15) is 4.79 Å². The maximum atomic E-state index is 12.2. The summed E-state index contributed by atoms with van der Waals surface area (Å²) >= 11 is 12.2. The lowest BCUT2D eigenvalue weighted by Gasteiger charge is -2.07. The van der Waals surface area contributed by atoms with Gasteiger partial charge in [-0.2, -0.15) is 5.10 Å². The van der Waals surface area contributed by atoms with E-state index in [1.807, 2.05) is 29.8 Å². The molecule has 29 heavy (non-hydrogen) atoms. The molecule has 0 unspecified atom stereocenters. The van der Waals surface area contributed by atoms with Crippen molar-refractivity contribution in [2.24, 2.45) is 14.1 Å². The quantitative estimate of drug-likeness (QED) is 0.493. The lowest BCUT2D eigenvalue weighted by atomic mass is 10.1. The van der Waals surface area contributed by atoms with Crippen LogP contribution in [0.3, 0.4) is 0 Å². The summed E-state index contributed by atoms with van der Waals surface area (Å²) in [4.78, 5) is 16.5. The Bertz CT molecular complexity index is 1220. The van der Waals surface area contributed by atoms with Crippen LogP contribution in [-0.2, 0) is 25.4 Å². The predicted molar refractivity (Wildman–Crippen MR) is 113 cm³/mol. The number of hydrogen-bond acceptors (Lipinski definition) is 4. The van der Waals surface area contributed by atoms with Crippen LogP contribution in [0.4, 0.5) is 10.6 Å². The number of carbonyl (C=O) groups is 1. The summed E-state index contributed by atoms with van der Waals surface area (Å²) < 4.78 is 8.80. The minimum absolute atomic E-state index is 0.131. The number of fused-ring (bicyclic) bond motifs is 1. The van der Waals surface area contributed by atoms with E-state index < -0.39 is 6.09 Å². The Morgan fingerprint density at radius 2 is 1.97 bits per heavy atom. The van der Waals surface area contributed by atoms with Gasteiger partial charge in [-0.1, -0.05) is 29.3 Å². The topological polar surface area (TPSA) is 74.0 Å². The van der Waals surface area contributed by atoms with Crippen LogP contribution in [0.15, 0.2) is 48.8 Å². The standard InChI is InChI=1S/C20H17Cl2N5O2/c1-26-11-23-17-7-12(3-6-18(17)26)10-29-20(28)24-19-9-16(25-27(19)2)14-5-4-13(21)8-15(14)22/h3-9,11H,10H2,1-2H3,(H,24,28). The molecule has 0 aliphatic carbocycles. The van der Waals surface area contributed by atoms with E-state index in [4.69, 9.17) is 27.9 Å². The SMILES string of the molecule is Cn1nc(-c2ccc(Cl)cc2Cl)cc1NC(=O)OCc1ccc2c(c1)ncn2C. The van der Waals surface area contributed by atoms with Crippen molar-refractivity contribution in [1.82, 2.24) is 19.3 Å². The van der Waals surface area contributed by atoms with Crippen LogP contribution in [0.25, 0.3) is 22.3 Å². The average Bonchev–Trinajstić information content (AvgIpc) is 3.23. The first-order chi connectivity index (χ1) is 13.9. The Morgan fingerprint density at radius 1 is 1.14 bits per heavy atom. The fourth-order valence-electron chi connectivity index (χ4n) is 2.97. The van der Waals surface area contributed by atoms with Crippen LogP contribution < -0.4 is 5.32 Å². The Labute approximate surface area is 176 Å². The number of ether oxygens (including phenoxy) is 1. The highest BCUT2D eigenvalue weighted by atomic mass is 35.5. The molecule has 0 aliphatic rings. The van der Waals surface area contributed by atoms with Crippen LogP contribution in [0.5, 0.6) is 0 Å². The number of nitrogens with zero attached hydrogens (tertiary/aromatic N) is 4. The first kappa shape index (κ1) is 19.3. The molecule has 0 atom stereocenters. The zero-order valence-electron chi connectivity index (χ0n) is 15.7. The summed E-state index contributed by atoms with van der Waals surface area (Å²) in [7, 11) is 3.65. The van der Waals surface area contributed by atoms with Crippen molar-refractivity contribution in [1.29, 1.82) is 0 Å². The Morgan fingerprint density at radius 3 is 2.76 bits per heavy atom. The Balaban J connectivity index is 1.43.